The summed E-state index contributed by atoms with van der Waals surface area (Å²) >= 11 is 5.12. The summed E-state index contributed by atoms with van der Waals surface area (Å²) in [5.41, 5.74) is 3.13. The number of ether oxygens (including phenoxy) is 2. The maximum Gasteiger partial charge on any atom is 1.00 e. The fraction of sp³-hybridized carbons (Fsp3) is 0.316. The minimum atomic E-state index is -4.41. The molecule has 0 fully saturated rings. The molecule has 4 rings (SSSR count). The molecule has 11 nitrogen and oxygen atoms in total. The zero-order chi connectivity index (χ0) is 22.7. The van der Waals surface area contributed by atoms with Crippen molar-refractivity contribution in [3.63, 3.8) is 0 Å². The molecule has 3 aromatic rings. The molecule has 2 N–H and O–H groups in total. The summed E-state index contributed by atoms with van der Waals surface area (Å²) in [6.07, 6.45) is 0.372. The second-order valence-electron chi connectivity index (χ2n) is 7.20. The molecule has 33 heavy (non-hydrogen) atoms. The van der Waals surface area contributed by atoms with Crippen LogP contribution in [0.15, 0.2) is 42.5 Å². The Morgan fingerprint density at radius 3 is 2.82 bits per heavy atom. The average molecular weight is 517 g/mol. The number of benzene rings is 2. The van der Waals surface area contributed by atoms with Crippen molar-refractivity contribution in [3.8, 4) is 11.4 Å². The van der Waals surface area contributed by atoms with Gasteiger partial charge in [-0.25, -0.2) is 13.1 Å². The molecule has 0 amide bonds. The summed E-state index contributed by atoms with van der Waals surface area (Å²) in [5, 5.41) is 13.3. The van der Waals surface area contributed by atoms with Crippen LogP contribution in [-0.4, -0.2) is 65.5 Å². The van der Waals surface area contributed by atoms with E-state index in [-0.39, 0.29) is 64.2 Å². The average Bonchev–Trinajstić information content (AvgIpc) is 3.18. The Hall–Kier alpha value is -1.36. The third-order valence-electron chi connectivity index (χ3n) is 5.00. The SMILES string of the molecule is COC1Cc2cc(OCNc3cccc(-n4[nH]nnc4=S)c3)ccc2N(CS(=O)(=O)[O-])C1.[K+]. The Morgan fingerprint density at radius 2 is 2.12 bits per heavy atom. The number of anilines is 2. The minimum absolute atomic E-state index is 0. The van der Waals surface area contributed by atoms with Crippen LogP contribution < -0.4 is 66.3 Å². The number of fused-ring (bicyclic) bond motifs is 1. The third kappa shape index (κ3) is 6.83. The van der Waals surface area contributed by atoms with Gasteiger partial charge in [-0.2, -0.15) is 5.21 Å². The van der Waals surface area contributed by atoms with Crippen molar-refractivity contribution in [3.05, 3.63) is 52.8 Å². The van der Waals surface area contributed by atoms with Gasteiger partial charge in [0.2, 0.25) is 4.77 Å². The molecule has 14 heteroatoms. The van der Waals surface area contributed by atoms with Crippen molar-refractivity contribution in [1.82, 2.24) is 20.2 Å². The van der Waals surface area contributed by atoms with Crippen LogP contribution in [0.25, 0.3) is 5.69 Å². The van der Waals surface area contributed by atoms with Crippen LogP contribution in [0, 0.1) is 4.77 Å². The first kappa shape index (κ1) is 26.2. The van der Waals surface area contributed by atoms with Crippen LogP contribution in [0.2, 0.25) is 0 Å². The van der Waals surface area contributed by atoms with E-state index in [0.29, 0.717) is 29.2 Å². The van der Waals surface area contributed by atoms with Crippen molar-refractivity contribution in [2.75, 3.05) is 36.5 Å². The smallest absolute Gasteiger partial charge is 0.747 e. The van der Waals surface area contributed by atoms with Gasteiger partial charge in [-0.1, -0.05) is 16.4 Å². The normalized spacial score (nSPS) is 15.5. The molecule has 2 heterocycles. The summed E-state index contributed by atoms with van der Waals surface area (Å²) in [6.45, 7) is 0.528. The number of aromatic amines is 1. The van der Waals surface area contributed by atoms with Gasteiger partial charge in [0, 0.05) is 31.5 Å². The molecule has 1 aliphatic heterocycles. The van der Waals surface area contributed by atoms with Gasteiger partial charge in [-0.05, 0) is 54.2 Å². The molecule has 1 aliphatic rings. The molecule has 1 aromatic heterocycles. The first-order chi connectivity index (χ1) is 15.3. The van der Waals surface area contributed by atoms with E-state index in [9.17, 15) is 13.0 Å². The predicted octanol–water partition coefficient (Wildman–Crippen LogP) is -1.34. The zero-order valence-corrected chi connectivity index (χ0v) is 22.8. The van der Waals surface area contributed by atoms with Gasteiger partial charge in [0.25, 0.3) is 0 Å². The van der Waals surface area contributed by atoms with Crippen LogP contribution >= 0.6 is 12.2 Å². The molecule has 0 aliphatic carbocycles. The second kappa shape index (κ2) is 11.4. The maximum atomic E-state index is 11.3. The molecular weight excluding hydrogens is 495 g/mol. The third-order valence-corrected chi connectivity index (χ3v) is 5.89. The monoisotopic (exact) mass is 516 g/mol. The van der Waals surface area contributed by atoms with Crippen LogP contribution in [0.4, 0.5) is 11.4 Å². The number of nitrogens with one attached hydrogen (secondary N) is 2. The number of hydrogen-bond acceptors (Lipinski definition) is 10. The first-order valence-corrected chi connectivity index (χ1v) is 11.6. The molecule has 0 radical (unpaired) electrons. The minimum Gasteiger partial charge on any atom is -0.747 e. The van der Waals surface area contributed by atoms with Crippen LogP contribution in [0.5, 0.6) is 5.75 Å². The van der Waals surface area contributed by atoms with E-state index in [1.165, 1.54) is 4.90 Å². The number of rotatable bonds is 8. The van der Waals surface area contributed by atoms with Gasteiger partial charge in [0.1, 0.15) is 21.7 Å². The summed E-state index contributed by atoms with van der Waals surface area (Å²) in [6, 6.07) is 12.8. The summed E-state index contributed by atoms with van der Waals surface area (Å²) in [4.78, 5) is 1.53. The first-order valence-electron chi connectivity index (χ1n) is 9.64. The van der Waals surface area contributed by atoms with Gasteiger partial charge in [-0.3, -0.25) is 0 Å². The fourth-order valence-corrected chi connectivity index (χ4v) is 4.39. The van der Waals surface area contributed by atoms with E-state index in [2.05, 4.69) is 20.8 Å². The van der Waals surface area contributed by atoms with Gasteiger partial charge < -0.3 is 24.2 Å². The molecule has 0 spiro atoms. The largest absolute Gasteiger partial charge is 1.00 e. The van der Waals surface area contributed by atoms with E-state index >= 15 is 0 Å². The van der Waals surface area contributed by atoms with Crippen molar-refractivity contribution in [2.45, 2.75) is 12.5 Å². The molecule has 170 valence electrons. The fourth-order valence-electron chi connectivity index (χ4n) is 3.57. The Kier molecular flexibility index (Phi) is 9.05. The number of H-pyrrole nitrogens is 1. The molecule has 1 unspecified atom stereocenters. The molecule has 0 bridgehead atoms. The quantitative estimate of drug-likeness (QED) is 0.160. The Labute approximate surface area is 238 Å². The van der Waals surface area contributed by atoms with E-state index < -0.39 is 16.0 Å². The van der Waals surface area contributed by atoms with Crippen LogP contribution in [-0.2, 0) is 21.3 Å². The van der Waals surface area contributed by atoms with Crippen molar-refractivity contribution >= 4 is 33.7 Å². The Bertz CT molecular complexity index is 1270. The molecular formula is C19H21KN6O5S2. The van der Waals surface area contributed by atoms with Crippen molar-refractivity contribution in [1.29, 1.82) is 0 Å². The number of aromatic nitrogens is 4. The number of nitrogens with zero attached hydrogens (tertiary/aromatic N) is 4. The van der Waals surface area contributed by atoms with Crippen molar-refractivity contribution in [2.24, 2.45) is 0 Å². The number of tetrazole rings is 1. The molecule has 0 saturated heterocycles. The van der Waals surface area contributed by atoms with E-state index in [1.807, 2.05) is 30.3 Å². The van der Waals surface area contributed by atoms with Crippen molar-refractivity contribution < 1.29 is 73.8 Å². The van der Waals surface area contributed by atoms with E-state index in [4.69, 9.17) is 21.7 Å². The van der Waals surface area contributed by atoms with E-state index in [0.717, 1.165) is 16.9 Å². The van der Waals surface area contributed by atoms with Gasteiger partial charge in [0.05, 0.1) is 11.8 Å². The van der Waals surface area contributed by atoms with Crippen LogP contribution in [0.1, 0.15) is 5.56 Å². The second-order valence-corrected chi connectivity index (χ2v) is 8.93. The Balaban J connectivity index is 0.00000306. The number of methoxy groups -OCH3 is 1. The predicted molar refractivity (Wildman–Crippen MR) is 119 cm³/mol. The summed E-state index contributed by atoms with van der Waals surface area (Å²) in [5.74, 6) is 0.00228. The maximum absolute atomic E-state index is 11.3. The van der Waals surface area contributed by atoms with E-state index in [1.54, 1.807) is 23.9 Å². The summed E-state index contributed by atoms with van der Waals surface area (Å²) < 4.78 is 47.0. The van der Waals surface area contributed by atoms with Crippen LogP contribution in [0.3, 0.4) is 0 Å². The molecule has 0 saturated carbocycles. The van der Waals surface area contributed by atoms with Gasteiger partial charge in [-0.15, -0.1) is 0 Å². The molecule has 1 atom stereocenters. The van der Waals surface area contributed by atoms with Gasteiger partial charge in [0.15, 0.2) is 6.73 Å². The summed E-state index contributed by atoms with van der Waals surface area (Å²) in [7, 11) is -2.85. The Morgan fingerprint density at radius 1 is 1.30 bits per heavy atom. The molecule has 2 aromatic carbocycles. The number of hydrogen-bond donors (Lipinski definition) is 2. The topological polar surface area (TPSA) is 137 Å². The standard InChI is InChI=1S/C19H22N6O5S2.K/c1-29-17-8-13-7-16(5-6-18(13)24(10-17)12-32(26,27)28)30-11-20-14-3-2-4-15(9-14)25-19(31)21-22-23-25;/h2-7,9,17,20H,8,10-12H2,1H3,(H,21,23,31)(H,26,27,28);/q;+1/p-1. The zero-order valence-electron chi connectivity index (χ0n) is 18.1. The van der Waals surface area contributed by atoms with Gasteiger partial charge >= 0.3 is 51.4 Å².